The molecule has 194 valence electrons. The van der Waals surface area contributed by atoms with Gasteiger partial charge in [0, 0.05) is 23.6 Å². The molecule has 6 nitrogen and oxygen atoms in total. The van der Waals surface area contributed by atoms with E-state index in [0.717, 1.165) is 66.3 Å². The zero-order valence-electron chi connectivity index (χ0n) is 22.3. The number of fused-ring (bicyclic) bond motifs is 1. The lowest BCUT2D eigenvalue weighted by molar-refractivity contribution is -0.139. The summed E-state index contributed by atoms with van der Waals surface area (Å²) in [6.07, 6.45) is 7.84. The fourth-order valence-corrected chi connectivity index (χ4v) is 5.90. The highest BCUT2D eigenvalue weighted by Crippen LogP contribution is 2.45. The van der Waals surface area contributed by atoms with Crippen LogP contribution in [0.25, 0.3) is 16.5 Å². The molecule has 1 unspecified atom stereocenters. The van der Waals surface area contributed by atoms with Crippen LogP contribution in [0.1, 0.15) is 77.2 Å². The molecule has 0 saturated carbocycles. The van der Waals surface area contributed by atoms with Gasteiger partial charge in [-0.1, -0.05) is 36.4 Å². The van der Waals surface area contributed by atoms with Crippen LogP contribution in [0.4, 0.5) is 0 Å². The third-order valence-corrected chi connectivity index (χ3v) is 7.03. The quantitative estimate of drug-likeness (QED) is 0.214. The molecule has 5 rings (SSSR count). The molecule has 0 bridgehead atoms. The lowest BCUT2D eigenvalue weighted by atomic mass is 9.79. The van der Waals surface area contributed by atoms with Gasteiger partial charge in [0.15, 0.2) is 6.23 Å². The standard InChI is InChI=1S/C31H36N2O4/c1-6-28(34)36-26-12-8-7-11-24(26)29(23-18-30(2,3)37-31(4,5)19-23)21-14-15-25-22(17-21)20-32-33(25)27-13-9-10-16-35-27/h6-8,11-12,14-15,17,20,27H,1,9-10,13,16,18-19H2,2-5H3. The fraction of sp³-hybridized carbons (Fsp3) is 0.419. The Morgan fingerprint density at radius 1 is 1.11 bits per heavy atom. The average Bonchev–Trinajstić information content (AvgIpc) is 3.27. The van der Waals surface area contributed by atoms with E-state index in [9.17, 15) is 4.79 Å². The minimum absolute atomic E-state index is 0.0222. The van der Waals surface area contributed by atoms with Crippen LogP contribution in [0.3, 0.4) is 0 Å². The van der Waals surface area contributed by atoms with Crippen molar-refractivity contribution < 1.29 is 19.0 Å². The molecule has 2 saturated heterocycles. The maximum absolute atomic E-state index is 12.2. The maximum atomic E-state index is 12.2. The van der Waals surface area contributed by atoms with Gasteiger partial charge >= 0.3 is 5.97 Å². The van der Waals surface area contributed by atoms with E-state index in [0.29, 0.717) is 5.75 Å². The molecule has 0 radical (unpaired) electrons. The second-order valence-electron chi connectivity index (χ2n) is 11.3. The number of ether oxygens (including phenoxy) is 3. The van der Waals surface area contributed by atoms with Gasteiger partial charge in [0.2, 0.25) is 0 Å². The topological polar surface area (TPSA) is 62.6 Å². The number of carbonyl (C=O) groups excluding carboxylic acids is 1. The Morgan fingerprint density at radius 3 is 2.57 bits per heavy atom. The summed E-state index contributed by atoms with van der Waals surface area (Å²) in [6, 6.07) is 14.2. The largest absolute Gasteiger partial charge is 0.423 e. The Morgan fingerprint density at radius 2 is 1.86 bits per heavy atom. The van der Waals surface area contributed by atoms with E-state index in [-0.39, 0.29) is 17.4 Å². The van der Waals surface area contributed by atoms with Gasteiger partial charge in [0.1, 0.15) is 5.75 Å². The van der Waals surface area contributed by atoms with Crippen LogP contribution in [0, 0.1) is 0 Å². The Labute approximate surface area is 218 Å². The molecule has 6 heteroatoms. The first-order chi connectivity index (χ1) is 17.7. The van der Waals surface area contributed by atoms with Crippen molar-refractivity contribution in [2.45, 2.75) is 77.2 Å². The van der Waals surface area contributed by atoms with E-state index in [1.807, 2.05) is 35.1 Å². The summed E-state index contributed by atoms with van der Waals surface area (Å²) >= 11 is 0. The van der Waals surface area contributed by atoms with E-state index in [2.05, 4.69) is 52.5 Å². The highest BCUT2D eigenvalue weighted by Gasteiger charge is 2.38. The van der Waals surface area contributed by atoms with Crippen LogP contribution in [-0.2, 0) is 14.3 Å². The number of para-hydroxylation sites is 1. The second kappa shape index (κ2) is 9.92. The smallest absolute Gasteiger partial charge is 0.335 e. The van der Waals surface area contributed by atoms with Crippen molar-refractivity contribution >= 4 is 22.4 Å². The number of rotatable bonds is 5. The van der Waals surface area contributed by atoms with Crippen LogP contribution in [-0.4, -0.2) is 33.6 Å². The van der Waals surface area contributed by atoms with Crippen molar-refractivity contribution in [3.05, 3.63) is 78.0 Å². The molecule has 2 aromatic carbocycles. The van der Waals surface area contributed by atoms with Crippen molar-refractivity contribution in [3.63, 3.8) is 0 Å². The maximum Gasteiger partial charge on any atom is 0.335 e. The Balaban J connectivity index is 1.67. The molecule has 3 aromatic rings. The normalized spacial score (nSPS) is 21.0. The van der Waals surface area contributed by atoms with Crippen molar-refractivity contribution in [2.24, 2.45) is 0 Å². The highest BCUT2D eigenvalue weighted by atomic mass is 16.5. The van der Waals surface area contributed by atoms with Crippen molar-refractivity contribution in [1.82, 2.24) is 9.78 Å². The third kappa shape index (κ3) is 5.41. The molecule has 0 N–H and O–H groups in total. The third-order valence-electron chi connectivity index (χ3n) is 7.03. The average molecular weight is 501 g/mol. The van der Waals surface area contributed by atoms with Gasteiger partial charge in [0.25, 0.3) is 0 Å². The molecule has 37 heavy (non-hydrogen) atoms. The molecule has 2 fully saturated rings. The fourth-order valence-electron chi connectivity index (χ4n) is 5.90. The Kier molecular flexibility index (Phi) is 6.82. The van der Waals surface area contributed by atoms with Crippen LogP contribution in [0.2, 0.25) is 0 Å². The summed E-state index contributed by atoms with van der Waals surface area (Å²) < 4.78 is 20.1. The summed E-state index contributed by atoms with van der Waals surface area (Å²) in [5, 5.41) is 5.75. The van der Waals surface area contributed by atoms with E-state index < -0.39 is 5.97 Å². The number of benzene rings is 2. The predicted molar refractivity (Wildman–Crippen MR) is 145 cm³/mol. The van der Waals surface area contributed by atoms with Gasteiger partial charge in [-0.3, -0.25) is 0 Å². The molecule has 2 aliphatic rings. The lowest BCUT2D eigenvalue weighted by Gasteiger charge is -2.43. The SMILES string of the molecule is C=CC(=O)Oc1ccccc1C(=C1CC(C)(C)OC(C)(C)C1)c1ccc2c(cnn2C2CCCCO2)c1. The van der Waals surface area contributed by atoms with Gasteiger partial charge in [-0.05, 0) is 89.1 Å². The number of hydrogen-bond donors (Lipinski definition) is 0. The van der Waals surface area contributed by atoms with Crippen LogP contribution in [0.5, 0.6) is 5.75 Å². The molecular formula is C31H36N2O4. The molecule has 3 heterocycles. The molecule has 1 atom stereocenters. The van der Waals surface area contributed by atoms with E-state index in [4.69, 9.17) is 19.3 Å². The molecule has 1 aromatic heterocycles. The first-order valence-electron chi connectivity index (χ1n) is 13.1. The van der Waals surface area contributed by atoms with Gasteiger partial charge in [0.05, 0.1) is 22.9 Å². The summed E-state index contributed by atoms with van der Waals surface area (Å²) in [5.74, 6) is 0.0389. The number of hydrogen-bond acceptors (Lipinski definition) is 5. The van der Waals surface area contributed by atoms with Crippen molar-refractivity contribution in [1.29, 1.82) is 0 Å². The molecule has 2 aliphatic heterocycles. The second-order valence-corrected chi connectivity index (χ2v) is 11.3. The van der Waals surface area contributed by atoms with Gasteiger partial charge in [-0.2, -0.15) is 5.10 Å². The van der Waals surface area contributed by atoms with Gasteiger partial charge < -0.3 is 14.2 Å². The van der Waals surface area contributed by atoms with Gasteiger partial charge in [-0.25, -0.2) is 9.48 Å². The number of esters is 1. The molecule has 0 spiro atoms. The van der Waals surface area contributed by atoms with E-state index in [1.165, 1.54) is 11.6 Å². The molecule has 0 aliphatic carbocycles. The first-order valence-corrected chi connectivity index (χ1v) is 13.1. The van der Waals surface area contributed by atoms with E-state index in [1.54, 1.807) is 0 Å². The van der Waals surface area contributed by atoms with Crippen molar-refractivity contribution in [2.75, 3.05) is 6.61 Å². The summed E-state index contributed by atoms with van der Waals surface area (Å²) in [4.78, 5) is 12.2. The monoisotopic (exact) mass is 500 g/mol. The van der Waals surface area contributed by atoms with Crippen molar-refractivity contribution in [3.8, 4) is 5.75 Å². The van der Waals surface area contributed by atoms with Gasteiger partial charge in [-0.15, -0.1) is 0 Å². The number of aromatic nitrogens is 2. The van der Waals surface area contributed by atoms with Crippen LogP contribution >= 0.6 is 0 Å². The first kappa shape index (κ1) is 25.4. The Bertz CT molecular complexity index is 1340. The summed E-state index contributed by atoms with van der Waals surface area (Å²) in [7, 11) is 0. The molecule has 0 amide bonds. The number of nitrogens with zero attached hydrogens (tertiary/aromatic N) is 2. The van der Waals surface area contributed by atoms with E-state index >= 15 is 0 Å². The minimum atomic E-state index is -0.478. The molecular weight excluding hydrogens is 464 g/mol. The summed E-state index contributed by atoms with van der Waals surface area (Å²) in [5.41, 5.74) is 4.67. The number of carbonyl (C=O) groups is 1. The predicted octanol–water partition coefficient (Wildman–Crippen LogP) is 7.00. The highest BCUT2D eigenvalue weighted by molar-refractivity contribution is 5.92. The van der Waals surface area contributed by atoms with Crippen LogP contribution < -0.4 is 4.74 Å². The lowest BCUT2D eigenvalue weighted by Crippen LogP contribution is -2.42. The Hall–Kier alpha value is -3.22. The summed E-state index contributed by atoms with van der Waals surface area (Å²) in [6.45, 7) is 12.9. The zero-order valence-corrected chi connectivity index (χ0v) is 22.3. The van der Waals surface area contributed by atoms with Crippen LogP contribution in [0.15, 0.2) is 66.9 Å². The zero-order chi connectivity index (χ0) is 26.2. The minimum Gasteiger partial charge on any atom is -0.423 e.